The van der Waals surface area contributed by atoms with Crippen molar-refractivity contribution in [2.75, 3.05) is 17.6 Å². The highest BCUT2D eigenvalue weighted by molar-refractivity contribution is 5.32. The second-order valence-corrected chi connectivity index (χ2v) is 2.38. The zero-order valence-corrected chi connectivity index (χ0v) is 7.67. The third-order valence-electron chi connectivity index (χ3n) is 1.17. The van der Waals surface area contributed by atoms with E-state index in [0.717, 1.165) is 0 Å². The van der Waals surface area contributed by atoms with Crippen LogP contribution in [-0.4, -0.2) is 27.9 Å². The zero-order valence-electron chi connectivity index (χ0n) is 7.67. The second-order valence-electron chi connectivity index (χ2n) is 2.38. The minimum Gasteiger partial charge on any atom is -0.370 e. The molecule has 9 heteroatoms. The van der Waals surface area contributed by atoms with Crippen LogP contribution in [0.1, 0.15) is 6.92 Å². The van der Waals surface area contributed by atoms with E-state index in [4.69, 9.17) is 5.73 Å². The molecule has 0 aromatic carbocycles. The first-order chi connectivity index (χ1) is 6.90. The molecule has 1 rings (SSSR count). The fraction of sp³-hybridized carbons (Fsp3) is 0.500. The minimum atomic E-state index is -4.85. The van der Waals surface area contributed by atoms with Crippen molar-refractivity contribution in [3.05, 3.63) is 0 Å². The van der Waals surface area contributed by atoms with Gasteiger partial charge in [0.15, 0.2) is 0 Å². The number of halogens is 3. The maximum Gasteiger partial charge on any atom is 0.575 e. The molecule has 0 fully saturated rings. The van der Waals surface area contributed by atoms with Gasteiger partial charge in [-0.15, -0.1) is 13.2 Å². The standard InChI is InChI=1S/C6H8F3N5O/c1-2-11-4-12-3(10)13-5(14-4)15-6(7,8)9/h2H2,1H3,(H3,10,11,12,13,14). The van der Waals surface area contributed by atoms with Crippen LogP contribution in [0.2, 0.25) is 0 Å². The molecule has 1 heterocycles. The van der Waals surface area contributed by atoms with Gasteiger partial charge in [0.25, 0.3) is 0 Å². The Labute approximate surface area is 82.7 Å². The summed E-state index contributed by atoms with van der Waals surface area (Å²) in [5, 5.41) is 2.58. The summed E-state index contributed by atoms with van der Waals surface area (Å²) in [6, 6.07) is -0.883. The van der Waals surface area contributed by atoms with Crippen LogP contribution in [-0.2, 0) is 0 Å². The molecule has 0 radical (unpaired) electrons. The largest absolute Gasteiger partial charge is 0.575 e. The van der Waals surface area contributed by atoms with E-state index < -0.39 is 12.4 Å². The van der Waals surface area contributed by atoms with Gasteiger partial charge in [-0.3, -0.25) is 0 Å². The lowest BCUT2D eigenvalue weighted by atomic mass is 10.7. The SMILES string of the molecule is CCNc1nc(N)nc(OC(F)(F)F)n1. The Kier molecular flexibility index (Phi) is 3.12. The summed E-state index contributed by atoms with van der Waals surface area (Å²) < 4.78 is 38.9. The van der Waals surface area contributed by atoms with E-state index in [-0.39, 0.29) is 11.9 Å². The average molecular weight is 223 g/mol. The Bertz CT molecular complexity index is 342. The lowest BCUT2D eigenvalue weighted by Gasteiger charge is -2.08. The second kappa shape index (κ2) is 4.15. The summed E-state index contributed by atoms with van der Waals surface area (Å²) in [5.41, 5.74) is 5.16. The molecule has 0 saturated carbocycles. The van der Waals surface area contributed by atoms with E-state index in [2.05, 4.69) is 25.0 Å². The summed E-state index contributed by atoms with van der Waals surface area (Å²) in [5.74, 6) is -0.413. The van der Waals surface area contributed by atoms with Gasteiger partial charge < -0.3 is 15.8 Å². The number of nitrogens with one attached hydrogen (secondary N) is 1. The topological polar surface area (TPSA) is 86.0 Å². The van der Waals surface area contributed by atoms with Gasteiger partial charge in [-0.05, 0) is 6.92 Å². The molecule has 0 unspecified atom stereocenters. The summed E-state index contributed by atoms with van der Waals surface area (Å²) in [6.45, 7) is 2.17. The van der Waals surface area contributed by atoms with Crippen molar-refractivity contribution < 1.29 is 17.9 Å². The molecule has 0 bridgehead atoms. The summed E-state index contributed by atoms with van der Waals surface area (Å²) >= 11 is 0. The van der Waals surface area contributed by atoms with E-state index in [9.17, 15) is 13.2 Å². The first-order valence-electron chi connectivity index (χ1n) is 3.92. The van der Waals surface area contributed by atoms with Crippen LogP contribution in [0.15, 0.2) is 0 Å². The van der Waals surface area contributed by atoms with Gasteiger partial charge in [0, 0.05) is 6.54 Å². The number of nitrogen functional groups attached to an aromatic ring is 1. The van der Waals surface area contributed by atoms with E-state index in [0.29, 0.717) is 6.54 Å². The zero-order chi connectivity index (χ0) is 11.5. The number of hydrogen-bond donors (Lipinski definition) is 2. The van der Waals surface area contributed by atoms with Gasteiger partial charge in [0.1, 0.15) is 0 Å². The maximum absolute atomic E-state index is 11.8. The molecule has 0 aliphatic heterocycles. The van der Waals surface area contributed by atoms with E-state index >= 15 is 0 Å². The number of rotatable bonds is 3. The van der Waals surface area contributed by atoms with Gasteiger partial charge in [-0.1, -0.05) is 0 Å². The molecule has 0 spiro atoms. The highest BCUT2D eigenvalue weighted by atomic mass is 19.4. The van der Waals surface area contributed by atoms with Crippen LogP contribution in [0, 0.1) is 0 Å². The maximum atomic E-state index is 11.8. The first kappa shape index (κ1) is 11.3. The number of anilines is 2. The summed E-state index contributed by atoms with van der Waals surface area (Å²) in [7, 11) is 0. The van der Waals surface area contributed by atoms with E-state index in [1.165, 1.54) is 0 Å². The number of alkyl halides is 3. The number of aromatic nitrogens is 3. The van der Waals surface area contributed by atoms with Crippen molar-refractivity contribution in [3.8, 4) is 6.01 Å². The Hall–Kier alpha value is -1.80. The average Bonchev–Trinajstić information content (AvgIpc) is 1.99. The normalized spacial score (nSPS) is 11.2. The first-order valence-corrected chi connectivity index (χ1v) is 3.92. The van der Waals surface area contributed by atoms with Gasteiger partial charge in [0.05, 0.1) is 0 Å². The van der Waals surface area contributed by atoms with Crippen molar-refractivity contribution in [3.63, 3.8) is 0 Å². The van der Waals surface area contributed by atoms with Crippen molar-refractivity contribution in [2.24, 2.45) is 0 Å². The molecule has 1 aromatic rings. The lowest BCUT2D eigenvalue weighted by Crippen LogP contribution is -2.20. The predicted octanol–water partition coefficient (Wildman–Crippen LogP) is 0.784. The Morgan fingerprint density at radius 1 is 1.33 bits per heavy atom. The summed E-state index contributed by atoms with van der Waals surface area (Å²) in [4.78, 5) is 10.1. The molecule has 0 aliphatic carbocycles. The van der Waals surface area contributed by atoms with Crippen molar-refractivity contribution in [1.29, 1.82) is 0 Å². The molecule has 6 nitrogen and oxygen atoms in total. The number of hydrogen-bond acceptors (Lipinski definition) is 6. The number of nitrogens with zero attached hydrogens (tertiary/aromatic N) is 3. The molecule has 15 heavy (non-hydrogen) atoms. The van der Waals surface area contributed by atoms with Crippen LogP contribution in [0.25, 0.3) is 0 Å². The lowest BCUT2D eigenvalue weighted by molar-refractivity contribution is -0.277. The molecule has 0 amide bonds. The van der Waals surface area contributed by atoms with Crippen LogP contribution >= 0.6 is 0 Å². The van der Waals surface area contributed by atoms with Crippen molar-refractivity contribution >= 4 is 11.9 Å². The molecular weight excluding hydrogens is 215 g/mol. The fourth-order valence-corrected chi connectivity index (χ4v) is 0.758. The molecule has 0 atom stereocenters. The number of nitrogens with two attached hydrogens (primary N) is 1. The van der Waals surface area contributed by atoms with Crippen LogP contribution in [0.4, 0.5) is 25.1 Å². The highest BCUT2D eigenvalue weighted by Crippen LogP contribution is 2.20. The smallest absolute Gasteiger partial charge is 0.370 e. The van der Waals surface area contributed by atoms with Gasteiger partial charge >= 0.3 is 12.4 Å². The Morgan fingerprint density at radius 2 is 2.00 bits per heavy atom. The van der Waals surface area contributed by atoms with Crippen molar-refractivity contribution in [1.82, 2.24) is 15.0 Å². The molecule has 1 aromatic heterocycles. The third-order valence-corrected chi connectivity index (χ3v) is 1.17. The Balaban J connectivity index is 2.88. The Morgan fingerprint density at radius 3 is 2.53 bits per heavy atom. The van der Waals surface area contributed by atoms with Crippen LogP contribution in [0.3, 0.4) is 0 Å². The summed E-state index contributed by atoms with van der Waals surface area (Å²) in [6.07, 6.45) is -4.85. The van der Waals surface area contributed by atoms with Gasteiger partial charge in [0.2, 0.25) is 11.9 Å². The minimum absolute atomic E-state index is 0.0655. The number of ether oxygens (including phenoxy) is 1. The van der Waals surface area contributed by atoms with Crippen molar-refractivity contribution in [2.45, 2.75) is 13.3 Å². The van der Waals surface area contributed by atoms with Gasteiger partial charge in [-0.25, -0.2) is 0 Å². The predicted molar refractivity (Wildman–Crippen MR) is 45.1 cm³/mol. The third kappa shape index (κ3) is 3.83. The molecule has 0 aliphatic rings. The fourth-order valence-electron chi connectivity index (χ4n) is 0.758. The monoisotopic (exact) mass is 223 g/mol. The van der Waals surface area contributed by atoms with Crippen LogP contribution < -0.4 is 15.8 Å². The van der Waals surface area contributed by atoms with E-state index in [1.54, 1.807) is 6.92 Å². The molecule has 0 saturated heterocycles. The highest BCUT2D eigenvalue weighted by Gasteiger charge is 2.33. The van der Waals surface area contributed by atoms with E-state index in [1.807, 2.05) is 0 Å². The van der Waals surface area contributed by atoms with Gasteiger partial charge in [-0.2, -0.15) is 15.0 Å². The molecule has 84 valence electrons. The molecule has 3 N–H and O–H groups in total. The molecular formula is C6H8F3N5O. The quantitative estimate of drug-likeness (QED) is 0.787. The van der Waals surface area contributed by atoms with Crippen LogP contribution in [0.5, 0.6) is 6.01 Å².